The van der Waals surface area contributed by atoms with E-state index < -0.39 is 24.2 Å². The lowest BCUT2D eigenvalue weighted by molar-refractivity contribution is -0.131. The molecule has 0 spiro atoms. The summed E-state index contributed by atoms with van der Waals surface area (Å²) in [7, 11) is 0. The van der Waals surface area contributed by atoms with E-state index in [1.165, 1.54) is 148 Å². The Morgan fingerprint density at radius 3 is 1.22 bits per heavy atom. The summed E-state index contributed by atoms with van der Waals surface area (Å²) in [4.78, 5) is 12.4. The van der Waals surface area contributed by atoms with Gasteiger partial charge < -0.3 is 20.6 Å². The molecule has 5 nitrogen and oxygen atoms in total. The fraction of sp³-hybridized carbons (Fsp3) is 0.841. The van der Waals surface area contributed by atoms with Crippen LogP contribution in [0.2, 0.25) is 0 Å². The average Bonchev–Trinajstić information content (AvgIpc) is 3.11. The van der Waals surface area contributed by atoms with Crippen molar-refractivity contribution in [2.75, 3.05) is 6.61 Å². The number of carbonyl (C=O) groups excluding carboxylic acids is 1. The van der Waals surface area contributed by atoms with Crippen LogP contribution in [-0.2, 0) is 4.79 Å². The molecule has 0 aliphatic heterocycles. The second-order valence-corrected chi connectivity index (χ2v) is 14.5. The molecular formula is C44H83NO4. The van der Waals surface area contributed by atoms with Gasteiger partial charge in [-0.3, -0.25) is 4.79 Å². The predicted octanol–water partition coefficient (Wildman–Crippen LogP) is 12.0. The van der Waals surface area contributed by atoms with Crippen LogP contribution >= 0.6 is 0 Å². The Bertz CT molecular complexity index is 764. The molecule has 0 aliphatic carbocycles. The van der Waals surface area contributed by atoms with Crippen LogP contribution < -0.4 is 5.32 Å². The summed E-state index contributed by atoms with van der Waals surface area (Å²) in [6.07, 6.45) is 49.0. The quantitative estimate of drug-likeness (QED) is 0.0384. The van der Waals surface area contributed by atoms with E-state index in [1.807, 2.05) is 6.08 Å². The normalized spacial score (nSPS) is 14.0. The fourth-order valence-electron chi connectivity index (χ4n) is 6.32. The van der Waals surface area contributed by atoms with Gasteiger partial charge in [-0.05, 0) is 38.5 Å². The number of nitrogens with one attached hydrogen (secondary N) is 1. The monoisotopic (exact) mass is 690 g/mol. The topological polar surface area (TPSA) is 89.8 Å². The maximum atomic E-state index is 12.4. The van der Waals surface area contributed by atoms with E-state index >= 15 is 0 Å². The van der Waals surface area contributed by atoms with Crippen LogP contribution in [0.25, 0.3) is 0 Å². The number of hydrogen-bond acceptors (Lipinski definition) is 4. The molecule has 0 aromatic heterocycles. The minimum absolute atomic E-state index is 0.380. The van der Waals surface area contributed by atoms with E-state index in [1.54, 1.807) is 6.08 Å². The lowest BCUT2D eigenvalue weighted by Gasteiger charge is -2.21. The van der Waals surface area contributed by atoms with Gasteiger partial charge in [0.15, 0.2) is 0 Å². The number of unbranched alkanes of at least 4 members (excludes halogenated alkanes) is 26. The van der Waals surface area contributed by atoms with E-state index in [9.17, 15) is 20.1 Å². The molecular weight excluding hydrogens is 606 g/mol. The summed E-state index contributed by atoms with van der Waals surface area (Å²) in [6, 6.07) is -0.817. The molecule has 1 amide bonds. The molecule has 0 aliphatic rings. The highest BCUT2D eigenvalue weighted by Gasteiger charge is 2.22. The van der Waals surface area contributed by atoms with Gasteiger partial charge in [0, 0.05) is 0 Å². The standard InChI is InChI=1S/C44H83NO4/c1-3-5-7-9-11-13-15-17-18-19-20-21-22-23-24-25-26-27-29-31-33-35-37-39-43(48)44(49)45-41(40-46)42(47)38-36-34-32-30-28-16-14-12-10-8-6-4-2/h10,12,28,30,36,38,41-43,46-48H,3-9,11,13-27,29,31-35,37,39-40H2,1-2H3,(H,45,49)/b12-10+,30-28+,38-36+. The Morgan fingerprint density at radius 2 is 0.837 bits per heavy atom. The molecule has 0 saturated heterocycles. The number of carbonyl (C=O) groups is 1. The third-order valence-corrected chi connectivity index (χ3v) is 9.71. The number of aliphatic hydroxyl groups is 3. The summed E-state index contributed by atoms with van der Waals surface area (Å²) in [5.41, 5.74) is 0. The summed E-state index contributed by atoms with van der Waals surface area (Å²) >= 11 is 0. The van der Waals surface area contributed by atoms with Gasteiger partial charge in [-0.1, -0.05) is 211 Å². The first kappa shape index (κ1) is 47.6. The van der Waals surface area contributed by atoms with E-state index in [0.717, 1.165) is 44.9 Å². The smallest absolute Gasteiger partial charge is 0.249 e. The van der Waals surface area contributed by atoms with Crippen molar-refractivity contribution in [1.82, 2.24) is 5.32 Å². The van der Waals surface area contributed by atoms with Crippen molar-refractivity contribution in [1.29, 1.82) is 0 Å². The number of amides is 1. The Kier molecular flexibility index (Phi) is 38.2. The minimum Gasteiger partial charge on any atom is -0.394 e. The van der Waals surface area contributed by atoms with Crippen molar-refractivity contribution < 1.29 is 20.1 Å². The summed E-state index contributed by atoms with van der Waals surface area (Å²) in [5, 5.41) is 33.0. The zero-order valence-corrected chi connectivity index (χ0v) is 32.6. The molecule has 0 fully saturated rings. The SMILES string of the molecule is CCCC/C=C/CC/C=C/CC/C=C/C(O)C(CO)NC(=O)C(O)CCCCCCCCCCCCCCCCCCCCCCCCC. The van der Waals surface area contributed by atoms with Gasteiger partial charge in [-0.2, -0.15) is 0 Å². The highest BCUT2D eigenvalue weighted by Crippen LogP contribution is 2.16. The number of hydrogen-bond donors (Lipinski definition) is 4. The van der Waals surface area contributed by atoms with Crippen LogP contribution in [0.5, 0.6) is 0 Å². The molecule has 0 aromatic carbocycles. The van der Waals surface area contributed by atoms with Crippen molar-refractivity contribution in [3.8, 4) is 0 Å². The molecule has 0 rings (SSSR count). The first-order valence-electron chi connectivity index (χ1n) is 21.3. The van der Waals surface area contributed by atoms with Gasteiger partial charge in [0.05, 0.1) is 18.8 Å². The fourth-order valence-corrected chi connectivity index (χ4v) is 6.32. The molecule has 5 heteroatoms. The second-order valence-electron chi connectivity index (χ2n) is 14.5. The number of rotatable bonds is 38. The molecule has 3 atom stereocenters. The van der Waals surface area contributed by atoms with Crippen LogP contribution in [0.15, 0.2) is 36.5 Å². The van der Waals surface area contributed by atoms with Crippen molar-refractivity contribution in [3.05, 3.63) is 36.5 Å². The van der Waals surface area contributed by atoms with Crippen molar-refractivity contribution in [2.24, 2.45) is 0 Å². The van der Waals surface area contributed by atoms with Gasteiger partial charge in [0.1, 0.15) is 6.10 Å². The zero-order valence-electron chi connectivity index (χ0n) is 32.6. The van der Waals surface area contributed by atoms with Crippen molar-refractivity contribution >= 4 is 5.91 Å². The van der Waals surface area contributed by atoms with Crippen LogP contribution in [0.4, 0.5) is 0 Å². The number of aliphatic hydroxyl groups excluding tert-OH is 3. The largest absolute Gasteiger partial charge is 0.394 e. The average molecular weight is 690 g/mol. The van der Waals surface area contributed by atoms with Crippen molar-refractivity contribution in [2.45, 2.75) is 231 Å². The molecule has 49 heavy (non-hydrogen) atoms. The highest BCUT2D eigenvalue weighted by atomic mass is 16.3. The Hall–Kier alpha value is -1.43. The van der Waals surface area contributed by atoms with E-state index in [2.05, 4.69) is 43.5 Å². The Balaban J connectivity index is 3.64. The van der Waals surface area contributed by atoms with Gasteiger partial charge in [0.2, 0.25) is 5.91 Å². The second kappa shape index (κ2) is 39.4. The third kappa shape index (κ3) is 34.8. The summed E-state index contributed by atoms with van der Waals surface area (Å²) < 4.78 is 0. The lowest BCUT2D eigenvalue weighted by atomic mass is 10.0. The molecule has 288 valence electrons. The van der Waals surface area contributed by atoms with Crippen LogP contribution in [-0.4, -0.2) is 46.1 Å². The van der Waals surface area contributed by atoms with E-state index in [4.69, 9.17) is 0 Å². The first-order valence-corrected chi connectivity index (χ1v) is 21.3. The Morgan fingerprint density at radius 1 is 0.490 bits per heavy atom. The van der Waals surface area contributed by atoms with Crippen LogP contribution in [0, 0.1) is 0 Å². The van der Waals surface area contributed by atoms with Gasteiger partial charge in [0.25, 0.3) is 0 Å². The lowest BCUT2D eigenvalue weighted by Crippen LogP contribution is -2.48. The van der Waals surface area contributed by atoms with Gasteiger partial charge in [-0.15, -0.1) is 0 Å². The molecule has 4 N–H and O–H groups in total. The maximum absolute atomic E-state index is 12.4. The Labute approximate surface area is 304 Å². The maximum Gasteiger partial charge on any atom is 0.249 e. The first-order chi connectivity index (χ1) is 24.1. The van der Waals surface area contributed by atoms with Gasteiger partial charge >= 0.3 is 0 Å². The van der Waals surface area contributed by atoms with Crippen molar-refractivity contribution in [3.63, 3.8) is 0 Å². The predicted molar refractivity (Wildman–Crippen MR) is 213 cm³/mol. The molecule has 0 aromatic rings. The van der Waals surface area contributed by atoms with Gasteiger partial charge in [-0.25, -0.2) is 0 Å². The number of allylic oxidation sites excluding steroid dienone is 5. The van der Waals surface area contributed by atoms with Crippen LogP contribution in [0.1, 0.15) is 213 Å². The molecule has 0 heterocycles. The molecule has 0 bridgehead atoms. The summed E-state index contributed by atoms with van der Waals surface area (Å²) in [5.74, 6) is -0.517. The molecule has 0 radical (unpaired) electrons. The third-order valence-electron chi connectivity index (χ3n) is 9.71. The highest BCUT2D eigenvalue weighted by molar-refractivity contribution is 5.80. The molecule has 3 unspecified atom stereocenters. The minimum atomic E-state index is -1.10. The van der Waals surface area contributed by atoms with E-state index in [-0.39, 0.29) is 6.61 Å². The molecule has 0 saturated carbocycles. The van der Waals surface area contributed by atoms with E-state index in [0.29, 0.717) is 6.42 Å². The zero-order chi connectivity index (χ0) is 35.9. The summed E-state index contributed by atoms with van der Waals surface area (Å²) in [6.45, 7) is 4.12. The van der Waals surface area contributed by atoms with Crippen LogP contribution in [0.3, 0.4) is 0 Å².